The molecule has 1 aromatic rings. The Hall–Kier alpha value is -2.12. The van der Waals surface area contributed by atoms with Crippen molar-refractivity contribution in [3.63, 3.8) is 0 Å². The lowest BCUT2D eigenvalue weighted by molar-refractivity contribution is -0.384. The van der Waals surface area contributed by atoms with Gasteiger partial charge >= 0.3 is 11.7 Å². The maximum atomic E-state index is 10.8. The predicted molar refractivity (Wildman–Crippen MR) is 62.2 cm³/mol. The minimum atomic E-state index is -0.810. The van der Waals surface area contributed by atoms with E-state index >= 15 is 0 Å². The van der Waals surface area contributed by atoms with Crippen molar-refractivity contribution in [1.29, 1.82) is 0 Å². The lowest BCUT2D eigenvalue weighted by Crippen LogP contribution is -2.18. The minimum Gasteiger partial charge on any atom is -0.481 e. The van der Waals surface area contributed by atoms with Gasteiger partial charge in [-0.3, -0.25) is 19.6 Å². The number of nitrogens with one attached hydrogen (secondary N) is 1. The first-order valence-corrected chi connectivity index (χ1v) is 5.64. The van der Waals surface area contributed by atoms with Crippen molar-refractivity contribution in [3.05, 3.63) is 16.3 Å². The summed E-state index contributed by atoms with van der Waals surface area (Å²) < 4.78 is 1.37. The van der Waals surface area contributed by atoms with Crippen molar-refractivity contribution in [2.24, 2.45) is 13.0 Å². The second-order valence-corrected chi connectivity index (χ2v) is 4.48. The molecule has 98 valence electrons. The third kappa shape index (κ3) is 2.41. The molecule has 2 atom stereocenters. The number of nitrogens with zero attached hydrogens (tertiary/aromatic N) is 3. The van der Waals surface area contributed by atoms with Crippen LogP contribution in [0.3, 0.4) is 0 Å². The summed E-state index contributed by atoms with van der Waals surface area (Å²) >= 11 is 0. The Balaban J connectivity index is 2.06. The molecule has 8 nitrogen and oxygen atoms in total. The number of anilines is 1. The molecular formula is C10H14N4O4. The SMILES string of the molecule is Cn1cc([N+](=O)[O-])c(N[C@H]2CC[C@@H](C(=O)O)C2)n1. The van der Waals surface area contributed by atoms with E-state index < -0.39 is 10.9 Å². The Kier molecular flexibility index (Phi) is 3.17. The van der Waals surface area contributed by atoms with Gasteiger partial charge in [0.05, 0.1) is 10.8 Å². The van der Waals surface area contributed by atoms with Crippen LogP contribution < -0.4 is 5.32 Å². The Morgan fingerprint density at radius 2 is 2.39 bits per heavy atom. The first-order valence-electron chi connectivity index (χ1n) is 5.64. The fourth-order valence-corrected chi connectivity index (χ4v) is 2.24. The zero-order valence-corrected chi connectivity index (χ0v) is 9.87. The summed E-state index contributed by atoms with van der Waals surface area (Å²) in [6.45, 7) is 0. The molecule has 0 unspecified atom stereocenters. The molecule has 0 saturated heterocycles. The van der Waals surface area contributed by atoms with Crippen LogP contribution in [0.1, 0.15) is 19.3 Å². The van der Waals surface area contributed by atoms with Gasteiger partial charge in [0.1, 0.15) is 6.20 Å². The molecule has 0 spiro atoms. The number of carboxylic acid groups (broad SMARTS) is 1. The topological polar surface area (TPSA) is 110 Å². The largest absolute Gasteiger partial charge is 0.481 e. The monoisotopic (exact) mass is 254 g/mol. The molecule has 0 radical (unpaired) electrons. The van der Waals surface area contributed by atoms with Crippen molar-refractivity contribution < 1.29 is 14.8 Å². The van der Waals surface area contributed by atoms with Crippen LogP contribution in [0.15, 0.2) is 6.20 Å². The highest BCUT2D eigenvalue weighted by Gasteiger charge is 2.31. The summed E-state index contributed by atoms with van der Waals surface area (Å²) in [5.41, 5.74) is -0.0868. The van der Waals surface area contributed by atoms with Crippen molar-refractivity contribution in [3.8, 4) is 0 Å². The Bertz CT molecular complexity index is 484. The standard InChI is InChI=1S/C10H14N4O4/c1-13-5-8(14(17)18)9(12-13)11-7-3-2-6(4-7)10(15)16/h5-7H,2-4H2,1H3,(H,11,12)(H,15,16)/t6-,7+/m1/s1. The third-order valence-corrected chi connectivity index (χ3v) is 3.13. The normalized spacial score (nSPS) is 22.9. The summed E-state index contributed by atoms with van der Waals surface area (Å²) in [5, 5.41) is 26.6. The first kappa shape index (κ1) is 12.3. The smallest absolute Gasteiger partial charge is 0.330 e. The molecular weight excluding hydrogens is 240 g/mol. The zero-order chi connectivity index (χ0) is 13.3. The number of hydrogen-bond acceptors (Lipinski definition) is 5. The molecule has 1 heterocycles. The predicted octanol–water partition coefficient (Wildman–Crippen LogP) is 0.993. The molecule has 1 fully saturated rings. The molecule has 2 N–H and O–H groups in total. The summed E-state index contributed by atoms with van der Waals surface area (Å²) in [6, 6.07) is -0.0697. The Labute approximate surface area is 103 Å². The molecule has 1 aliphatic carbocycles. The number of rotatable bonds is 4. The number of aromatic nitrogens is 2. The number of aliphatic carboxylic acids is 1. The van der Waals surface area contributed by atoms with Crippen LogP contribution >= 0.6 is 0 Å². The van der Waals surface area contributed by atoms with E-state index in [-0.39, 0.29) is 23.5 Å². The molecule has 0 bridgehead atoms. The molecule has 1 aromatic heterocycles. The van der Waals surface area contributed by atoms with Gasteiger partial charge in [-0.1, -0.05) is 0 Å². The quantitative estimate of drug-likeness (QED) is 0.612. The number of carboxylic acids is 1. The summed E-state index contributed by atoms with van der Waals surface area (Å²) in [4.78, 5) is 21.1. The molecule has 2 rings (SSSR count). The fourth-order valence-electron chi connectivity index (χ4n) is 2.24. The number of aryl methyl sites for hydroxylation is 1. The van der Waals surface area contributed by atoms with Crippen molar-refractivity contribution in [2.45, 2.75) is 25.3 Å². The number of nitro groups is 1. The van der Waals surface area contributed by atoms with Crippen LogP contribution in [-0.4, -0.2) is 31.8 Å². The molecule has 0 amide bonds. The van der Waals surface area contributed by atoms with Gasteiger partial charge in [0, 0.05) is 13.1 Å². The van der Waals surface area contributed by atoms with Gasteiger partial charge in [-0.15, -0.1) is 5.10 Å². The van der Waals surface area contributed by atoms with E-state index in [2.05, 4.69) is 10.4 Å². The molecule has 0 aliphatic heterocycles. The highest BCUT2D eigenvalue weighted by Crippen LogP contribution is 2.30. The molecule has 8 heteroatoms. The van der Waals surface area contributed by atoms with Crippen molar-refractivity contribution in [1.82, 2.24) is 9.78 Å². The van der Waals surface area contributed by atoms with Crippen LogP contribution in [0.5, 0.6) is 0 Å². The second-order valence-electron chi connectivity index (χ2n) is 4.48. The average molecular weight is 254 g/mol. The maximum absolute atomic E-state index is 10.8. The van der Waals surface area contributed by atoms with Crippen LogP contribution in [-0.2, 0) is 11.8 Å². The van der Waals surface area contributed by atoms with Crippen molar-refractivity contribution >= 4 is 17.5 Å². The van der Waals surface area contributed by atoms with E-state index in [4.69, 9.17) is 5.11 Å². The van der Waals surface area contributed by atoms with Gasteiger partial charge < -0.3 is 10.4 Å². The van der Waals surface area contributed by atoms with Crippen LogP contribution in [0.2, 0.25) is 0 Å². The van der Waals surface area contributed by atoms with E-state index in [1.54, 1.807) is 7.05 Å². The lowest BCUT2D eigenvalue weighted by Gasteiger charge is -2.10. The van der Waals surface area contributed by atoms with E-state index in [9.17, 15) is 14.9 Å². The van der Waals surface area contributed by atoms with E-state index in [1.807, 2.05) is 0 Å². The van der Waals surface area contributed by atoms with E-state index in [0.717, 1.165) is 0 Å². The van der Waals surface area contributed by atoms with E-state index in [1.165, 1.54) is 10.9 Å². The highest BCUT2D eigenvalue weighted by molar-refractivity contribution is 5.70. The van der Waals surface area contributed by atoms with Crippen LogP contribution in [0, 0.1) is 16.0 Å². The van der Waals surface area contributed by atoms with Crippen LogP contribution in [0.25, 0.3) is 0 Å². The first-order chi connectivity index (χ1) is 8.47. The van der Waals surface area contributed by atoms with E-state index in [0.29, 0.717) is 19.3 Å². The average Bonchev–Trinajstić information content (AvgIpc) is 2.86. The Morgan fingerprint density at radius 1 is 1.67 bits per heavy atom. The molecule has 0 aromatic carbocycles. The summed E-state index contributed by atoms with van der Waals surface area (Å²) in [6.07, 6.45) is 3.08. The summed E-state index contributed by atoms with van der Waals surface area (Å²) in [5.74, 6) is -0.973. The Morgan fingerprint density at radius 3 is 2.94 bits per heavy atom. The zero-order valence-electron chi connectivity index (χ0n) is 9.87. The number of carbonyl (C=O) groups is 1. The molecule has 1 aliphatic rings. The highest BCUT2D eigenvalue weighted by atomic mass is 16.6. The minimum absolute atomic E-state index is 0.0697. The lowest BCUT2D eigenvalue weighted by atomic mass is 10.1. The third-order valence-electron chi connectivity index (χ3n) is 3.13. The van der Waals surface area contributed by atoms with Gasteiger partial charge in [0.2, 0.25) is 5.82 Å². The molecule has 1 saturated carbocycles. The van der Waals surface area contributed by atoms with Crippen molar-refractivity contribution in [2.75, 3.05) is 5.32 Å². The van der Waals surface area contributed by atoms with Crippen LogP contribution in [0.4, 0.5) is 11.5 Å². The van der Waals surface area contributed by atoms with Gasteiger partial charge in [-0.25, -0.2) is 0 Å². The summed E-state index contributed by atoms with van der Waals surface area (Å²) in [7, 11) is 1.60. The molecule has 18 heavy (non-hydrogen) atoms. The maximum Gasteiger partial charge on any atom is 0.330 e. The van der Waals surface area contributed by atoms with Gasteiger partial charge in [0.15, 0.2) is 0 Å². The van der Waals surface area contributed by atoms with Gasteiger partial charge in [-0.2, -0.15) is 0 Å². The van der Waals surface area contributed by atoms with Gasteiger partial charge in [0.25, 0.3) is 0 Å². The number of hydrogen-bond donors (Lipinski definition) is 2. The fraction of sp³-hybridized carbons (Fsp3) is 0.600. The second kappa shape index (κ2) is 4.63. The van der Waals surface area contributed by atoms with Gasteiger partial charge in [-0.05, 0) is 19.3 Å².